The van der Waals surface area contributed by atoms with Crippen LogP contribution in [0.5, 0.6) is 0 Å². The molecule has 2 N–H and O–H groups in total. The average molecular weight is 175 g/mol. The molecule has 0 saturated carbocycles. The minimum absolute atomic E-state index is 0.254. The van der Waals surface area contributed by atoms with Crippen molar-refractivity contribution in [2.75, 3.05) is 0 Å². The predicted octanol–water partition coefficient (Wildman–Crippen LogP) is 1.35. The Hall–Kier alpha value is -0.970. The van der Waals surface area contributed by atoms with E-state index in [0.29, 0.717) is 21.6 Å². The topological polar surface area (TPSA) is 43.8 Å². The summed E-state index contributed by atoms with van der Waals surface area (Å²) >= 11 is 0. The van der Waals surface area contributed by atoms with Gasteiger partial charge in [-0.05, 0) is 13.8 Å². The molecule has 0 aromatic carbocycles. The summed E-state index contributed by atoms with van der Waals surface area (Å²) in [6, 6.07) is 0. The summed E-state index contributed by atoms with van der Waals surface area (Å²) < 4.78 is 25.1. The van der Waals surface area contributed by atoms with Gasteiger partial charge in [-0.15, -0.1) is 0 Å². The summed E-state index contributed by atoms with van der Waals surface area (Å²) in [5, 5.41) is 3.67. The first kappa shape index (κ1) is 9.12. The maximum Gasteiger partial charge on any atom is 0.333 e. The van der Waals surface area contributed by atoms with Gasteiger partial charge in [-0.25, -0.2) is 4.68 Å². The molecule has 0 fully saturated rings. The Morgan fingerprint density at radius 1 is 1.50 bits per heavy atom. The number of hydrogen-bond acceptors (Lipinski definition) is 2. The predicted molar refractivity (Wildman–Crippen MR) is 40.8 cm³/mol. The SMILES string of the molecule is Cc1nn(C(F)F)c(C)c1CN. The average Bonchev–Trinajstić information content (AvgIpc) is 2.27. The summed E-state index contributed by atoms with van der Waals surface area (Å²) in [5.74, 6) is 0. The Morgan fingerprint density at radius 3 is 2.33 bits per heavy atom. The molecule has 0 spiro atoms. The van der Waals surface area contributed by atoms with Crippen LogP contribution in [0.1, 0.15) is 23.5 Å². The number of nitrogens with zero attached hydrogens (tertiary/aromatic N) is 2. The second kappa shape index (κ2) is 3.18. The van der Waals surface area contributed by atoms with E-state index in [9.17, 15) is 8.78 Å². The fourth-order valence-corrected chi connectivity index (χ4v) is 1.18. The van der Waals surface area contributed by atoms with Crippen molar-refractivity contribution in [3.63, 3.8) is 0 Å². The number of alkyl halides is 2. The lowest BCUT2D eigenvalue weighted by Crippen LogP contribution is -2.04. The Kier molecular flexibility index (Phi) is 2.42. The van der Waals surface area contributed by atoms with Crippen LogP contribution in [0.2, 0.25) is 0 Å². The number of halogens is 2. The molecule has 1 aromatic heterocycles. The molecule has 0 saturated heterocycles. The van der Waals surface area contributed by atoms with Gasteiger partial charge in [0, 0.05) is 17.8 Å². The van der Waals surface area contributed by atoms with Crippen molar-refractivity contribution < 1.29 is 8.78 Å². The number of rotatable bonds is 2. The van der Waals surface area contributed by atoms with Gasteiger partial charge in [0.15, 0.2) is 0 Å². The standard InChI is InChI=1S/C7H11F2N3/c1-4-6(3-10)5(2)12(11-4)7(8)9/h7H,3,10H2,1-2H3. The van der Waals surface area contributed by atoms with E-state index in [1.165, 1.54) is 0 Å². The molecule has 0 amide bonds. The molecule has 68 valence electrons. The third kappa shape index (κ3) is 1.32. The number of aromatic nitrogens is 2. The first-order chi connectivity index (χ1) is 5.57. The van der Waals surface area contributed by atoms with Gasteiger partial charge in [-0.1, -0.05) is 0 Å². The van der Waals surface area contributed by atoms with Crippen LogP contribution in [0.3, 0.4) is 0 Å². The molecule has 12 heavy (non-hydrogen) atoms. The molecule has 1 aromatic rings. The van der Waals surface area contributed by atoms with Crippen molar-refractivity contribution in [3.05, 3.63) is 17.0 Å². The van der Waals surface area contributed by atoms with Crippen molar-refractivity contribution in [1.82, 2.24) is 9.78 Å². The minimum Gasteiger partial charge on any atom is -0.326 e. The molecule has 1 heterocycles. The Labute approximate surface area is 69.2 Å². The smallest absolute Gasteiger partial charge is 0.326 e. The van der Waals surface area contributed by atoms with Gasteiger partial charge in [0.2, 0.25) is 0 Å². The van der Waals surface area contributed by atoms with E-state index in [0.717, 1.165) is 0 Å². The fraction of sp³-hybridized carbons (Fsp3) is 0.571. The van der Waals surface area contributed by atoms with Crippen LogP contribution in [0.15, 0.2) is 0 Å². The third-order valence-electron chi connectivity index (χ3n) is 1.86. The Bertz CT molecular complexity index is 280. The van der Waals surface area contributed by atoms with Crippen molar-refractivity contribution in [2.45, 2.75) is 26.9 Å². The van der Waals surface area contributed by atoms with Gasteiger partial charge >= 0.3 is 6.55 Å². The Morgan fingerprint density at radius 2 is 2.08 bits per heavy atom. The minimum atomic E-state index is -2.58. The highest BCUT2D eigenvalue weighted by Crippen LogP contribution is 2.18. The van der Waals surface area contributed by atoms with Crippen LogP contribution in [-0.4, -0.2) is 9.78 Å². The maximum atomic E-state index is 12.2. The monoisotopic (exact) mass is 175 g/mol. The van der Waals surface area contributed by atoms with Crippen molar-refractivity contribution in [3.8, 4) is 0 Å². The van der Waals surface area contributed by atoms with Crippen molar-refractivity contribution >= 4 is 0 Å². The number of aryl methyl sites for hydroxylation is 1. The van der Waals surface area contributed by atoms with E-state index in [-0.39, 0.29) is 6.54 Å². The van der Waals surface area contributed by atoms with Crippen LogP contribution >= 0.6 is 0 Å². The summed E-state index contributed by atoms with van der Waals surface area (Å²) in [5.41, 5.74) is 7.10. The van der Waals surface area contributed by atoms with E-state index in [2.05, 4.69) is 5.10 Å². The van der Waals surface area contributed by atoms with E-state index < -0.39 is 6.55 Å². The normalized spacial score (nSPS) is 11.2. The lowest BCUT2D eigenvalue weighted by Gasteiger charge is -2.01. The van der Waals surface area contributed by atoms with E-state index in [4.69, 9.17) is 5.73 Å². The molecule has 0 bridgehead atoms. The number of hydrogen-bond donors (Lipinski definition) is 1. The fourth-order valence-electron chi connectivity index (χ4n) is 1.18. The van der Waals surface area contributed by atoms with Crippen LogP contribution in [0.25, 0.3) is 0 Å². The molecule has 0 radical (unpaired) electrons. The first-order valence-electron chi connectivity index (χ1n) is 3.60. The molecule has 1 rings (SSSR count). The van der Waals surface area contributed by atoms with E-state index in [1.54, 1.807) is 13.8 Å². The second-order valence-electron chi connectivity index (χ2n) is 2.58. The zero-order chi connectivity index (χ0) is 9.30. The van der Waals surface area contributed by atoms with Crippen LogP contribution in [0, 0.1) is 13.8 Å². The summed E-state index contributed by atoms with van der Waals surface area (Å²) in [6.45, 7) is 0.941. The van der Waals surface area contributed by atoms with Gasteiger partial charge in [0.05, 0.1) is 5.69 Å². The molecule has 0 aliphatic carbocycles. The molecule has 5 heteroatoms. The largest absolute Gasteiger partial charge is 0.333 e. The van der Waals surface area contributed by atoms with Crippen molar-refractivity contribution in [2.24, 2.45) is 5.73 Å². The number of nitrogens with two attached hydrogens (primary N) is 1. The van der Waals surface area contributed by atoms with E-state index >= 15 is 0 Å². The highest BCUT2D eigenvalue weighted by molar-refractivity contribution is 5.23. The summed E-state index contributed by atoms with van der Waals surface area (Å²) in [7, 11) is 0. The lowest BCUT2D eigenvalue weighted by molar-refractivity contribution is 0.0540. The van der Waals surface area contributed by atoms with Gasteiger partial charge in [0.25, 0.3) is 0 Å². The van der Waals surface area contributed by atoms with Crippen LogP contribution in [0.4, 0.5) is 8.78 Å². The highest BCUT2D eigenvalue weighted by Gasteiger charge is 2.15. The molecule has 0 aliphatic rings. The quantitative estimate of drug-likeness (QED) is 0.737. The van der Waals surface area contributed by atoms with Crippen LogP contribution < -0.4 is 5.73 Å². The molecular weight excluding hydrogens is 164 g/mol. The zero-order valence-electron chi connectivity index (χ0n) is 7.01. The van der Waals surface area contributed by atoms with Gasteiger partial charge < -0.3 is 5.73 Å². The summed E-state index contributed by atoms with van der Waals surface area (Å²) in [4.78, 5) is 0. The maximum absolute atomic E-state index is 12.2. The zero-order valence-corrected chi connectivity index (χ0v) is 7.01. The molecular formula is C7H11F2N3. The van der Waals surface area contributed by atoms with Gasteiger partial charge in [0.1, 0.15) is 0 Å². The second-order valence-corrected chi connectivity index (χ2v) is 2.58. The highest BCUT2D eigenvalue weighted by atomic mass is 19.3. The molecule has 0 aliphatic heterocycles. The third-order valence-corrected chi connectivity index (χ3v) is 1.86. The summed E-state index contributed by atoms with van der Waals surface area (Å²) in [6.07, 6.45) is 0. The Balaban J connectivity index is 3.17. The van der Waals surface area contributed by atoms with Crippen molar-refractivity contribution in [1.29, 1.82) is 0 Å². The van der Waals surface area contributed by atoms with Gasteiger partial charge in [-0.2, -0.15) is 13.9 Å². The van der Waals surface area contributed by atoms with Gasteiger partial charge in [-0.3, -0.25) is 0 Å². The van der Waals surface area contributed by atoms with E-state index in [1.807, 2.05) is 0 Å². The molecule has 0 atom stereocenters. The van der Waals surface area contributed by atoms with Crippen LogP contribution in [-0.2, 0) is 6.54 Å². The molecule has 0 unspecified atom stereocenters. The molecule has 3 nitrogen and oxygen atoms in total. The first-order valence-corrected chi connectivity index (χ1v) is 3.60. The lowest BCUT2D eigenvalue weighted by atomic mass is 10.2.